The molecule has 4 N–H and O–H groups in total. The SMILES string of the molecule is CC1(O)CCN(C(=O)c2ccc3c(-c4nc(N[C@H]5CCCN(C(=O)O)C5)ncc4C(F)(F)F)c[nH]c3c2)C1. The quantitative estimate of drug-likeness (QED) is 0.402. The number of β-amino-alcohol motifs (C(OH)–C–C–N with tert-alkyl or cyclic N) is 1. The van der Waals surface area contributed by atoms with Gasteiger partial charge < -0.3 is 30.3 Å². The lowest BCUT2D eigenvalue weighted by molar-refractivity contribution is -0.137. The molecular formula is C25H27F3N6O4. The van der Waals surface area contributed by atoms with E-state index in [9.17, 15) is 33.0 Å². The lowest BCUT2D eigenvalue weighted by Crippen LogP contribution is -2.44. The Labute approximate surface area is 215 Å². The van der Waals surface area contributed by atoms with Gasteiger partial charge in [-0.3, -0.25) is 4.79 Å². The zero-order chi connectivity index (χ0) is 27.2. The highest BCUT2D eigenvalue weighted by atomic mass is 19.4. The number of amides is 2. The van der Waals surface area contributed by atoms with Crippen molar-refractivity contribution in [2.75, 3.05) is 31.5 Å². The van der Waals surface area contributed by atoms with Gasteiger partial charge in [0.2, 0.25) is 5.95 Å². The first-order chi connectivity index (χ1) is 17.9. The number of carboxylic acid groups (broad SMARTS) is 1. The van der Waals surface area contributed by atoms with Crippen LogP contribution in [-0.2, 0) is 6.18 Å². The van der Waals surface area contributed by atoms with Crippen LogP contribution in [-0.4, -0.2) is 84.8 Å². The summed E-state index contributed by atoms with van der Waals surface area (Å²) in [5.41, 5.74) is -1.29. The number of anilines is 1. The minimum atomic E-state index is -4.72. The van der Waals surface area contributed by atoms with Crippen molar-refractivity contribution < 1.29 is 33.0 Å². The van der Waals surface area contributed by atoms with Crippen LogP contribution in [0.1, 0.15) is 42.1 Å². The third-order valence-electron chi connectivity index (χ3n) is 7.04. The van der Waals surface area contributed by atoms with E-state index in [1.165, 1.54) is 11.1 Å². The monoisotopic (exact) mass is 532 g/mol. The molecule has 5 rings (SSSR count). The molecule has 2 amide bonds. The predicted octanol–water partition coefficient (Wildman–Crippen LogP) is 3.79. The number of rotatable bonds is 4. The second-order valence-corrected chi connectivity index (χ2v) is 10.1. The molecule has 2 saturated heterocycles. The van der Waals surface area contributed by atoms with Crippen molar-refractivity contribution in [3.05, 3.63) is 41.7 Å². The molecule has 202 valence electrons. The molecule has 0 bridgehead atoms. The molecule has 2 atom stereocenters. The number of aromatic amines is 1. The minimum absolute atomic E-state index is 0.0347. The van der Waals surface area contributed by atoms with Gasteiger partial charge in [0.05, 0.1) is 11.3 Å². The van der Waals surface area contributed by atoms with Gasteiger partial charge in [-0.25, -0.2) is 14.8 Å². The lowest BCUT2D eigenvalue weighted by Gasteiger charge is -2.31. The molecule has 0 spiro atoms. The second kappa shape index (κ2) is 9.46. The van der Waals surface area contributed by atoms with Crippen LogP contribution < -0.4 is 5.32 Å². The zero-order valence-corrected chi connectivity index (χ0v) is 20.5. The molecule has 1 aromatic carbocycles. The Hall–Kier alpha value is -3.87. The van der Waals surface area contributed by atoms with E-state index in [2.05, 4.69) is 20.3 Å². The Balaban J connectivity index is 1.46. The van der Waals surface area contributed by atoms with E-state index in [4.69, 9.17) is 0 Å². The molecule has 2 aliphatic rings. The number of aliphatic hydroxyl groups is 1. The standard InChI is InChI=1S/C25H27F3N6O4/c1-24(38)6-8-34(13-24)21(35)14-4-5-16-17(10-29-19(16)9-14)20-18(25(26,27)28)11-30-22(32-20)31-15-3-2-7-33(12-15)23(36)37/h4-5,9-11,15,29,38H,2-3,6-8,12-13H2,1H3,(H,36,37)(H,30,31,32)/t15-,24?/m0/s1. The van der Waals surface area contributed by atoms with E-state index >= 15 is 0 Å². The summed E-state index contributed by atoms with van der Waals surface area (Å²) < 4.78 is 41.8. The van der Waals surface area contributed by atoms with Crippen molar-refractivity contribution in [3.63, 3.8) is 0 Å². The number of carbonyl (C=O) groups is 2. The minimum Gasteiger partial charge on any atom is -0.465 e. The lowest BCUT2D eigenvalue weighted by atomic mass is 10.0. The summed E-state index contributed by atoms with van der Waals surface area (Å²) in [6, 6.07) is 4.35. The number of nitrogens with zero attached hydrogens (tertiary/aromatic N) is 4. The molecule has 2 fully saturated rings. The highest BCUT2D eigenvalue weighted by Crippen LogP contribution is 2.39. The first kappa shape index (κ1) is 25.8. The fraction of sp³-hybridized carbons (Fsp3) is 0.440. The summed E-state index contributed by atoms with van der Waals surface area (Å²) >= 11 is 0. The summed E-state index contributed by atoms with van der Waals surface area (Å²) in [4.78, 5) is 38.0. The van der Waals surface area contributed by atoms with Crippen molar-refractivity contribution in [1.82, 2.24) is 24.8 Å². The predicted molar refractivity (Wildman–Crippen MR) is 132 cm³/mol. The number of likely N-dealkylation sites (tertiary alicyclic amines) is 2. The highest BCUT2D eigenvalue weighted by Gasteiger charge is 2.37. The number of carbonyl (C=O) groups excluding carboxylic acids is 1. The van der Waals surface area contributed by atoms with Crippen LogP contribution in [0.3, 0.4) is 0 Å². The number of hydrogen-bond acceptors (Lipinski definition) is 6. The number of nitrogens with one attached hydrogen (secondary N) is 2. The number of benzene rings is 1. The maximum atomic E-state index is 13.9. The summed E-state index contributed by atoms with van der Waals surface area (Å²) in [6.07, 6.45) is -1.95. The fourth-order valence-corrected chi connectivity index (χ4v) is 5.07. The van der Waals surface area contributed by atoms with Crippen molar-refractivity contribution in [2.45, 2.75) is 44.0 Å². The molecule has 2 aliphatic heterocycles. The molecule has 0 radical (unpaired) electrons. The smallest absolute Gasteiger partial charge is 0.419 e. The van der Waals surface area contributed by atoms with Crippen molar-refractivity contribution in [2.24, 2.45) is 0 Å². The fourth-order valence-electron chi connectivity index (χ4n) is 5.07. The molecule has 10 nitrogen and oxygen atoms in total. The number of H-pyrrole nitrogens is 1. The second-order valence-electron chi connectivity index (χ2n) is 10.1. The molecule has 1 unspecified atom stereocenters. The van der Waals surface area contributed by atoms with Crippen molar-refractivity contribution >= 4 is 28.9 Å². The van der Waals surface area contributed by atoms with Gasteiger partial charge in [-0.05, 0) is 38.3 Å². The van der Waals surface area contributed by atoms with Crippen LogP contribution in [0.2, 0.25) is 0 Å². The summed E-state index contributed by atoms with van der Waals surface area (Å²) in [6.45, 7) is 2.85. The molecule has 13 heteroatoms. The van der Waals surface area contributed by atoms with Gasteiger partial charge in [0.15, 0.2) is 0 Å². The van der Waals surface area contributed by atoms with E-state index in [1.54, 1.807) is 30.0 Å². The van der Waals surface area contributed by atoms with E-state index in [1.807, 2.05) is 0 Å². The third-order valence-corrected chi connectivity index (χ3v) is 7.04. The number of fused-ring (bicyclic) bond motifs is 1. The normalized spacial score (nSPS) is 22.2. The van der Waals surface area contributed by atoms with E-state index in [0.717, 1.165) is 6.20 Å². The maximum absolute atomic E-state index is 13.9. The third kappa shape index (κ3) is 5.10. The van der Waals surface area contributed by atoms with Gasteiger partial charge >= 0.3 is 12.3 Å². The van der Waals surface area contributed by atoms with Gasteiger partial charge in [0, 0.05) is 66.6 Å². The first-order valence-electron chi connectivity index (χ1n) is 12.2. The van der Waals surface area contributed by atoms with Crippen LogP contribution in [0.25, 0.3) is 22.2 Å². The van der Waals surface area contributed by atoms with E-state index < -0.39 is 23.4 Å². The molecule has 0 saturated carbocycles. The van der Waals surface area contributed by atoms with Gasteiger partial charge in [0.1, 0.15) is 5.56 Å². The van der Waals surface area contributed by atoms with Crippen LogP contribution >= 0.6 is 0 Å². The Morgan fingerprint density at radius 1 is 1.24 bits per heavy atom. The van der Waals surface area contributed by atoms with Gasteiger partial charge in [-0.1, -0.05) is 6.07 Å². The molecule has 0 aliphatic carbocycles. The van der Waals surface area contributed by atoms with E-state index in [0.29, 0.717) is 48.8 Å². The van der Waals surface area contributed by atoms with Crippen LogP contribution in [0, 0.1) is 0 Å². The molecule has 2 aromatic heterocycles. The summed E-state index contributed by atoms with van der Waals surface area (Å²) in [5, 5.41) is 22.9. The average molecular weight is 533 g/mol. The topological polar surface area (TPSA) is 135 Å². The average Bonchev–Trinajstić information content (AvgIpc) is 3.45. The van der Waals surface area contributed by atoms with Gasteiger partial charge in [-0.2, -0.15) is 13.2 Å². The van der Waals surface area contributed by atoms with Crippen LogP contribution in [0.4, 0.5) is 23.9 Å². The molecular weight excluding hydrogens is 505 g/mol. The number of halogens is 3. The van der Waals surface area contributed by atoms with Crippen LogP contribution in [0.15, 0.2) is 30.6 Å². The Morgan fingerprint density at radius 2 is 2.03 bits per heavy atom. The number of alkyl halides is 3. The zero-order valence-electron chi connectivity index (χ0n) is 20.5. The summed E-state index contributed by atoms with van der Waals surface area (Å²) in [7, 11) is 0. The van der Waals surface area contributed by atoms with Gasteiger partial charge in [0.25, 0.3) is 5.91 Å². The molecule has 4 heterocycles. The largest absolute Gasteiger partial charge is 0.465 e. The summed E-state index contributed by atoms with van der Waals surface area (Å²) in [5.74, 6) is -0.305. The number of hydrogen-bond donors (Lipinski definition) is 4. The van der Waals surface area contributed by atoms with Crippen molar-refractivity contribution in [3.8, 4) is 11.3 Å². The van der Waals surface area contributed by atoms with Crippen molar-refractivity contribution in [1.29, 1.82) is 0 Å². The first-order valence-corrected chi connectivity index (χ1v) is 12.2. The maximum Gasteiger partial charge on any atom is 0.419 e. The van der Waals surface area contributed by atoms with Crippen LogP contribution in [0.5, 0.6) is 0 Å². The Kier molecular flexibility index (Phi) is 6.41. The number of aromatic nitrogens is 3. The van der Waals surface area contributed by atoms with Gasteiger partial charge in [-0.15, -0.1) is 0 Å². The Morgan fingerprint density at radius 3 is 2.71 bits per heavy atom. The molecule has 38 heavy (non-hydrogen) atoms. The van der Waals surface area contributed by atoms with E-state index in [-0.39, 0.29) is 42.2 Å². The Bertz CT molecular complexity index is 1390. The molecule has 3 aromatic rings. The highest BCUT2D eigenvalue weighted by molar-refractivity contribution is 6.02. The number of piperidine rings is 1.